The maximum Gasteiger partial charge on any atom is 0.142 e. The van der Waals surface area contributed by atoms with Crippen molar-refractivity contribution in [2.75, 3.05) is 6.61 Å². The molecule has 17 heavy (non-hydrogen) atoms. The van der Waals surface area contributed by atoms with Crippen molar-refractivity contribution >= 4 is 11.6 Å². The molecule has 1 aromatic carbocycles. The Bertz CT molecular complexity index is 380. The van der Waals surface area contributed by atoms with Crippen LogP contribution in [-0.4, -0.2) is 23.4 Å². The first-order chi connectivity index (χ1) is 7.88. The molecule has 1 atom stereocenters. The monoisotopic (exact) mass is 260 g/mol. The van der Waals surface area contributed by atoms with Gasteiger partial charge in [-0.15, -0.1) is 0 Å². The molecule has 0 aliphatic heterocycles. The van der Waals surface area contributed by atoms with Crippen molar-refractivity contribution in [2.45, 2.75) is 38.9 Å². The average Bonchev–Trinajstić information content (AvgIpc) is 2.24. The van der Waals surface area contributed by atoms with Gasteiger partial charge in [-0.2, -0.15) is 0 Å². The second kappa shape index (κ2) is 5.80. The van der Waals surface area contributed by atoms with E-state index in [1.165, 1.54) is 6.07 Å². The molecule has 1 unspecified atom stereocenters. The molecule has 0 heterocycles. The average molecular weight is 261 g/mol. The van der Waals surface area contributed by atoms with Crippen molar-refractivity contribution in [1.29, 1.82) is 0 Å². The van der Waals surface area contributed by atoms with Gasteiger partial charge < -0.3 is 9.84 Å². The standard InChI is InChI=1S/C13H18ClFO2/c1-4-17-13(2,3)11(16)8-9-6-5-7-10(15)12(9)14/h5-7,11,16H,4,8H2,1-3H3. The first kappa shape index (κ1) is 14.4. The number of aliphatic hydroxyl groups excluding tert-OH is 1. The zero-order valence-electron chi connectivity index (χ0n) is 10.3. The van der Waals surface area contributed by atoms with Gasteiger partial charge >= 0.3 is 0 Å². The van der Waals surface area contributed by atoms with Crippen LogP contribution in [0.4, 0.5) is 4.39 Å². The van der Waals surface area contributed by atoms with Gasteiger partial charge in [-0.05, 0) is 32.4 Å². The van der Waals surface area contributed by atoms with Crippen LogP contribution in [0.1, 0.15) is 26.3 Å². The van der Waals surface area contributed by atoms with Gasteiger partial charge in [0.2, 0.25) is 0 Å². The summed E-state index contributed by atoms with van der Waals surface area (Å²) < 4.78 is 18.7. The normalized spacial score (nSPS) is 13.8. The summed E-state index contributed by atoms with van der Waals surface area (Å²) in [7, 11) is 0. The quantitative estimate of drug-likeness (QED) is 0.881. The molecule has 0 aromatic heterocycles. The third kappa shape index (κ3) is 3.66. The Labute approximate surface area is 106 Å². The van der Waals surface area contributed by atoms with Crippen LogP contribution in [0, 0.1) is 5.82 Å². The summed E-state index contributed by atoms with van der Waals surface area (Å²) in [4.78, 5) is 0. The van der Waals surface area contributed by atoms with Crippen LogP contribution in [-0.2, 0) is 11.2 Å². The van der Waals surface area contributed by atoms with E-state index in [1.54, 1.807) is 26.0 Å². The van der Waals surface area contributed by atoms with E-state index in [1.807, 2.05) is 6.92 Å². The molecule has 0 saturated carbocycles. The molecule has 1 rings (SSSR count). The van der Waals surface area contributed by atoms with Gasteiger partial charge in [-0.25, -0.2) is 4.39 Å². The maximum absolute atomic E-state index is 13.2. The molecule has 0 bridgehead atoms. The van der Waals surface area contributed by atoms with E-state index in [9.17, 15) is 9.50 Å². The summed E-state index contributed by atoms with van der Waals surface area (Å²) >= 11 is 5.84. The number of hydrogen-bond donors (Lipinski definition) is 1. The first-order valence-electron chi connectivity index (χ1n) is 5.63. The SMILES string of the molecule is CCOC(C)(C)C(O)Cc1cccc(F)c1Cl. The Hall–Kier alpha value is -0.640. The fourth-order valence-corrected chi connectivity index (χ4v) is 1.83. The smallest absolute Gasteiger partial charge is 0.142 e. The second-order valence-electron chi connectivity index (χ2n) is 4.47. The molecule has 1 aromatic rings. The lowest BCUT2D eigenvalue weighted by atomic mass is 9.95. The lowest BCUT2D eigenvalue weighted by molar-refractivity contribution is -0.0955. The molecule has 0 aliphatic rings. The molecule has 96 valence electrons. The number of aliphatic hydroxyl groups is 1. The Balaban J connectivity index is 2.81. The zero-order chi connectivity index (χ0) is 13.1. The van der Waals surface area contributed by atoms with E-state index in [0.29, 0.717) is 12.2 Å². The molecule has 0 fully saturated rings. The summed E-state index contributed by atoms with van der Waals surface area (Å²) in [5, 5.41) is 10.1. The van der Waals surface area contributed by atoms with Crippen LogP contribution in [0.5, 0.6) is 0 Å². The molecule has 1 N–H and O–H groups in total. The molecule has 0 spiro atoms. The first-order valence-corrected chi connectivity index (χ1v) is 6.01. The van der Waals surface area contributed by atoms with Crippen molar-refractivity contribution < 1.29 is 14.2 Å². The van der Waals surface area contributed by atoms with Crippen molar-refractivity contribution in [1.82, 2.24) is 0 Å². The fourth-order valence-electron chi connectivity index (χ4n) is 1.63. The predicted octanol–water partition coefficient (Wildman–Crippen LogP) is 3.20. The minimum absolute atomic E-state index is 0.0684. The topological polar surface area (TPSA) is 29.5 Å². The van der Waals surface area contributed by atoms with Gasteiger partial charge in [0.15, 0.2) is 0 Å². The molecule has 0 radical (unpaired) electrons. The molecule has 4 heteroatoms. The minimum atomic E-state index is -0.734. The van der Waals surface area contributed by atoms with Gasteiger partial charge in [0, 0.05) is 13.0 Å². The van der Waals surface area contributed by atoms with E-state index in [4.69, 9.17) is 16.3 Å². The highest BCUT2D eigenvalue weighted by atomic mass is 35.5. The second-order valence-corrected chi connectivity index (χ2v) is 4.85. The highest BCUT2D eigenvalue weighted by Gasteiger charge is 2.29. The van der Waals surface area contributed by atoms with Gasteiger partial charge in [-0.3, -0.25) is 0 Å². The lowest BCUT2D eigenvalue weighted by Gasteiger charge is -2.30. The zero-order valence-corrected chi connectivity index (χ0v) is 11.1. The van der Waals surface area contributed by atoms with Gasteiger partial charge in [0.1, 0.15) is 5.82 Å². The highest BCUT2D eigenvalue weighted by Crippen LogP contribution is 2.25. The predicted molar refractivity (Wildman–Crippen MR) is 66.8 cm³/mol. The van der Waals surface area contributed by atoms with Crippen molar-refractivity contribution in [3.8, 4) is 0 Å². The largest absolute Gasteiger partial charge is 0.390 e. The third-order valence-electron chi connectivity index (χ3n) is 2.76. The number of hydrogen-bond acceptors (Lipinski definition) is 2. The molecule has 0 saturated heterocycles. The van der Waals surface area contributed by atoms with E-state index in [-0.39, 0.29) is 11.4 Å². The van der Waals surface area contributed by atoms with Crippen LogP contribution < -0.4 is 0 Å². The van der Waals surface area contributed by atoms with Crippen molar-refractivity contribution in [3.05, 3.63) is 34.6 Å². The van der Waals surface area contributed by atoms with E-state index >= 15 is 0 Å². The summed E-state index contributed by atoms with van der Waals surface area (Å²) in [5.41, 5.74) is -0.0864. The fraction of sp³-hybridized carbons (Fsp3) is 0.538. The summed E-state index contributed by atoms with van der Waals surface area (Å²) in [6, 6.07) is 4.58. The van der Waals surface area contributed by atoms with Crippen LogP contribution >= 0.6 is 11.6 Å². The number of halogens is 2. The molecule has 2 nitrogen and oxygen atoms in total. The van der Waals surface area contributed by atoms with E-state index in [0.717, 1.165) is 0 Å². The Kier molecular flexibility index (Phi) is 4.92. The van der Waals surface area contributed by atoms with Gasteiger partial charge in [0.25, 0.3) is 0 Å². The summed E-state index contributed by atoms with van der Waals surface area (Å²) in [5.74, 6) is -0.467. The Morgan fingerprint density at radius 3 is 2.71 bits per heavy atom. The van der Waals surface area contributed by atoms with Gasteiger partial charge in [0.05, 0.1) is 16.7 Å². The third-order valence-corrected chi connectivity index (χ3v) is 3.19. The van der Waals surface area contributed by atoms with Crippen LogP contribution in [0.2, 0.25) is 5.02 Å². The Morgan fingerprint density at radius 2 is 2.12 bits per heavy atom. The van der Waals surface area contributed by atoms with Gasteiger partial charge in [-0.1, -0.05) is 23.7 Å². The maximum atomic E-state index is 13.2. The molecular formula is C13H18ClFO2. The minimum Gasteiger partial charge on any atom is -0.390 e. The van der Waals surface area contributed by atoms with E-state index in [2.05, 4.69) is 0 Å². The molecular weight excluding hydrogens is 243 g/mol. The molecule has 0 aliphatic carbocycles. The van der Waals surface area contributed by atoms with Crippen molar-refractivity contribution in [3.63, 3.8) is 0 Å². The van der Waals surface area contributed by atoms with Crippen LogP contribution in [0.25, 0.3) is 0 Å². The highest BCUT2D eigenvalue weighted by molar-refractivity contribution is 6.31. The number of rotatable bonds is 5. The number of ether oxygens (including phenoxy) is 1. The number of benzene rings is 1. The summed E-state index contributed by atoms with van der Waals surface area (Å²) in [6.07, 6.45) is -0.467. The lowest BCUT2D eigenvalue weighted by Crippen LogP contribution is -2.40. The van der Waals surface area contributed by atoms with Crippen molar-refractivity contribution in [2.24, 2.45) is 0 Å². The van der Waals surface area contributed by atoms with Crippen LogP contribution in [0.3, 0.4) is 0 Å². The van der Waals surface area contributed by atoms with E-state index < -0.39 is 17.5 Å². The summed E-state index contributed by atoms with van der Waals surface area (Å²) in [6.45, 7) is 5.98. The molecule has 0 amide bonds. The van der Waals surface area contributed by atoms with Crippen LogP contribution in [0.15, 0.2) is 18.2 Å². The Morgan fingerprint density at radius 1 is 1.47 bits per heavy atom.